The van der Waals surface area contributed by atoms with E-state index in [1.807, 2.05) is 25.2 Å². The summed E-state index contributed by atoms with van der Waals surface area (Å²) in [5, 5.41) is 18.0. The monoisotopic (exact) mass is 525 g/mol. The molecule has 0 bridgehead atoms. The third-order valence-corrected chi connectivity index (χ3v) is 8.36. The molecule has 0 unspecified atom stereocenters. The lowest BCUT2D eigenvalue weighted by atomic mass is 9.77. The number of rotatable bonds is 8. The second kappa shape index (κ2) is 10.4. The van der Waals surface area contributed by atoms with E-state index < -0.39 is 5.60 Å². The predicted octanol–water partition coefficient (Wildman–Crippen LogP) is 4.52. The number of allylic oxidation sites excluding steroid dienone is 1. The zero-order valence-electron chi connectivity index (χ0n) is 22.3. The summed E-state index contributed by atoms with van der Waals surface area (Å²) in [6.07, 6.45) is 10.4. The quantitative estimate of drug-likeness (QED) is 0.290. The molecule has 3 aromatic heterocycles. The molecule has 9 heteroatoms. The topological polar surface area (TPSA) is 110 Å². The SMILES string of the molecule is C=CCn1c(=O)c2cnc(Nc3ccc(C4CCC(NC)CC4)cc3)nc2n1-c1cccc(C2(O)CCC2)n1. The number of aliphatic hydroxyl groups is 1. The number of benzene rings is 1. The molecule has 6 rings (SSSR count). The van der Waals surface area contributed by atoms with E-state index in [9.17, 15) is 9.90 Å². The van der Waals surface area contributed by atoms with Gasteiger partial charge in [-0.25, -0.2) is 19.3 Å². The van der Waals surface area contributed by atoms with Gasteiger partial charge in [-0.2, -0.15) is 4.98 Å². The van der Waals surface area contributed by atoms with Crippen LogP contribution in [0, 0.1) is 0 Å². The van der Waals surface area contributed by atoms with Crippen LogP contribution in [0.3, 0.4) is 0 Å². The first-order valence-electron chi connectivity index (χ1n) is 13.8. The molecule has 0 aliphatic heterocycles. The van der Waals surface area contributed by atoms with Crippen molar-refractivity contribution in [1.82, 2.24) is 29.6 Å². The average Bonchev–Trinajstić information content (AvgIpc) is 3.23. The predicted molar refractivity (Wildman–Crippen MR) is 153 cm³/mol. The van der Waals surface area contributed by atoms with Crippen molar-refractivity contribution in [2.75, 3.05) is 12.4 Å². The Morgan fingerprint density at radius 3 is 2.54 bits per heavy atom. The number of hydrogen-bond donors (Lipinski definition) is 3. The molecule has 39 heavy (non-hydrogen) atoms. The van der Waals surface area contributed by atoms with Crippen LogP contribution in [-0.2, 0) is 12.1 Å². The van der Waals surface area contributed by atoms with Crippen molar-refractivity contribution in [3.05, 3.63) is 82.9 Å². The Morgan fingerprint density at radius 1 is 1.10 bits per heavy atom. The Morgan fingerprint density at radius 2 is 1.87 bits per heavy atom. The van der Waals surface area contributed by atoms with E-state index in [2.05, 4.69) is 46.5 Å². The van der Waals surface area contributed by atoms with Crippen LogP contribution in [-0.4, -0.2) is 42.5 Å². The first kappa shape index (κ1) is 25.5. The molecule has 0 saturated heterocycles. The molecule has 0 spiro atoms. The van der Waals surface area contributed by atoms with Gasteiger partial charge in [0.2, 0.25) is 5.95 Å². The van der Waals surface area contributed by atoms with Crippen LogP contribution < -0.4 is 16.2 Å². The van der Waals surface area contributed by atoms with Crippen LogP contribution >= 0.6 is 0 Å². The Kier molecular flexibility index (Phi) is 6.78. The van der Waals surface area contributed by atoms with Crippen LogP contribution in [0.5, 0.6) is 0 Å². The van der Waals surface area contributed by atoms with Crippen molar-refractivity contribution in [2.45, 2.75) is 69.1 Å². The molecule has 0 amide bonds. The van der Waals surface area contributed by atoms with Gasteiger partial charge in [0.1, 0.15) is 11.0 Å². The normalized spacial score (nSPS) is 20.5. The minimum atomic E-state index is -0.914. The molecule has 2 aliphatic rings. The van der Waals surface area contributed by atoms with E-state index in [1.54, 1.807) is 21.6 Å². The fourth-order valence-corrected chi connectivity index (χ4v) is 5.86. The number of anilines is 2. The minimum absolute atomic E-state index is 0.219. The fraction of sp³-hybridized carbons (Fsp3) is 0.400. The van der Waals surface area contributed by atoms with Crippen LogP contribution in [0.25, 0.3) is 16.9 Å². The molecule has 3 N–H and O–H groups in total. The third-order valence-electron chi connectivity index (χ3n) is 8.36. The summed E-state index contributed by atoms with van der Waals surface area (Å²) in [5.41, 5.74) is 2.17. The first-order chi connectivity index (χ1) is 19.0. The van der Waals surface area contributed by atoms with E-state index in [-0.39, 0.29) is 12.1 Å². The first-order valence-corrected chi connectivity index (χ1v) is 13.8. The molecule has 9 nitrogen and oxygen atoms in total. The van der Waals surface area contributed by atoms with Gasteiger partial charge in [-0.3, -0.25) is 4.79 Å². The van der Waals surface area contributed by atoms with E-state index in [4.69, 9.17) is 9.97 Å². The van der Waals surface area contributed by atoms with E-state index in [0.29, 0.717) is 53.3 Å². The number of aromatic nitrogens is 5. The van der Waals surface area contributed by atoms with Crippen molar-refractivity contribution in [3.63, 3.8) is 0 Å². The lowest BCUT2D eigenvalue weighted by Gasteiger charge is -2.36. The minimum Gasteiger partial charge on any atom is -0.384 e. The zero-order valence-corrected chi connectivity index (χ0v) is 22.3. The summed E-state index contributed by atoms with van der Waals surface area (Å²) >= 11 is 0. The standard InChI is InChI=1S/C30H35N7O2/c1-3-18-36-28(38)24-19-32-29(33-23-14-10-21(11-15-23)20-8-12-22(31-2)13-9-20)35-27(24)37(36)26-7-4-6-25(34-26)30(39)16-5-17-30/h3-4,6-7,10-11,14-15,19-20,22,31,39H,1,5,8-9,12-13,16-18H2,2H3,(H,32,33,35). The maximum absolute atomic E-state index is 13.3. The highest BCUT2D eigenvalue weighted by molar-refractivity contribution is 5.77. The molecule has 2 fully saturated rings. The Labute approximate surface area is 227 Å². The highest BCUT2D eigenvalue weighted by Gasteiger charge is 2.38. The number of fused-ring (bicyclic) bond motifs is 1. The molecule has 2 saturated carbocycles. The summed E-state index contributed by atoms with van der Waals surface area (Å²) < 4.78 is 3.24. The largest absolute Gasteiger partial charge is 0.384 e. The van der Waals surface area contributed by atoms with Gasteiger partial charge < -0.3 is 15.7 Å². The Bertz CT molecular complexity index is 1540. The van der Waals surface area contributed by atoms with Crippen LogP contribution in [0.1, 0.15) is 62.1 Å². The molecule has 2 aliphatic carbocycles. The molecule has 1 aromatic carbocycles. The number of nitrogens with one attached hydrogen (secondary N) is 2. The summed E-state index contributed by atoms with van der Waals surface area (Å²) in [6.45, 7) is 4.10. The van der Waals surface area contributed by atoms with E-state index >= 15 is 0 Å². The van der Waals surface area contributed by atoms with Crippen LogP contribution in [0.2, 0.25) is 0 Å². The van der Waals surface area contributed by atoms with Gasteiger partial charge >= 0.3 is 0 Å². The highest BCUT2D eigenvalue weighted by atomic mass is 16.3. The van der Waals surface area contributed by atoms with Gasteiger partial charge in [0.05, 0.1) is 12.2 Å². The lowest BCUT2D eigenvalue weighted by Crippen LogP contribution is -2.35. The van der Waals surface area contributed by atoms with Crippen molar-refractivity contribution in [3.8, 4) is 5.82 Å². The second-order valence-electron chi connectivity index (χ2n) is 10.8. The van der Waals surface area contributed by atoms with Crippen molar-refractivity contribution >= 4 is 22.7 Å². The van der Waals surface area contributed by atoms with Crippen molar-refractivity contribution in [2.24, 2.45) is 0 Å². The molecule has 3 heterocycles. The molecular weight excluding hydrogens is 490 g/mol. The Hall–Kier alpha value is -3.82. The van der Waals surface area contributed by atoms with Gasteiger partial charge in [-0.15, -0.1) is 6.58 Å². The van der Waals surface area contributed by atoms with Crippen molar-refractivity contribution < 1.29 is 5.11 Å². The third kappa shape index (κ3) is 4.77. The number of hydrogen-bond acceptors (Lipinski definition) is 7. The number of nitrogens with zero attached hydrogens (tertiary/aromatic N) is 5. The lowest BCUT2D eigenvalue weighted by molar-refractivity contribution is -0.0426. The Balaban J connectivity index is 1.31. The van der Waals surface area contributed by atoms with E-state index in [1.165, 1.54) is 31.2 Å². The molecule has 0 atom stereocenters. The van der Waals surface area contributed by atoms with Gasteiger partial charge in [-0.05, 0) is 87.7 Å². The van der Waals surface area contributed by atoms with Crippen LogP contribution in [0.15, 0.2) is 66.1 Å². The smallest absolute Gasteiger partial charge is 0.278 e. The zero-order chi connectivity index (χ0) is 27.0. The van der Waals surface area contributed by atoms with Gasteiger partial charge in [0, 0.05) is 17.9 Å². The fourth-order valence-electron chi connectivity index (χ4n) is 5.86. The highest BCUT2D eigenvalue weighted by Crippen LogP contribution is 2.40. The average molecular weight is 526 g/mol. The van der Waals surface area contributed by atoms with Gasteiger partial charge in [0.15, 0.2) is 11.5 Å². The van der Waals surface area contributed by atoms with Gasteiger partial charge in [0.25, 0.3) is 5.56 Å². The summed E-state index contributed by atoms with van der Waals surface area (Å²) in [6, 6.07) is 14.6. The molecular formula is C30H35N7O2. The van der Waals surface area contributed by atoms with Crippen molar-refractivity contribution in [1.29, 1.82) is 0 Å². The molecule has 202 valence electrons. The van der Waals surface area contributed by atoms with Crippen LogP contribution in [0.4, 0.5) is 11.6 Å². The summed E-state index contributed by atoms with van der Waals surface area (Å²) in [7, 11) is 2.05. The maximum atomic E-state index is 13.3. The van der Waals surface area contributed by atoms with Gasteiger partial charge in [-0.1, -0.05) is 24.3 Å². The maximum Gasteiger partial charge on any atom is 0.278 e. The van der Waals surface area contributed by atoms with E-state index in [0.717, 1.165) is 12.1 Å². The molecule has 4 aromatic rings. The second-order valence-corrected chi connectivity index (χ2v) is 10.8. The molecule has 0 radical (unpaired) electrons. The summed E-state index contributed by atoms with van der Waals surface area (Å²) in [4.78, 5) is 27.2. The number of pyridine rings is 1. The summed E-state index contributed by atoms with van der Waals surface area (Å²) in [5.74, 6) is 1.50.